The van der Waals surface area contributed by atoms with Crippen LogP contribution in [-0.4, -0.2) is 19.6 Å². The maximum Gasteiger partial charge on any atom is 0.248 e. The Morgan fingerprint density at radius 1 is 1.26 bits per heavy atom. The van der Waals surface area contributed by atoms with Crippen molar-refractivity contribution in [2.45, 2.75) is 26.7 Å². The standard InChI is InChI=1S/C22H24N2O3/c1-15(2)18-7-5-6-16(3)22(18)24-21(25)11-9-17-8-10-19(27-13-12-23)20(14-17)26-4/h5-11,14-15H,13H2,1-4H3,(H,24,25). The first kappa shape index (κ1) is 20.1. The van der Waals surface area contributed by atoms with Crippen molar-refractivity contribution in [2.75, 3.05) is 19.0 Å². The van der Waals surface area contributed by atoms with E-state index in [0.29, 0.717) is 17.4 Å². The number of nitrogens with one attached hydrogen (secondary N) is 1. The van der Waals surface area contributed by atoms with Crippen molar-refractivity contribution in [3.05, 3.63) is 59.2 Å². The molecule has 0 atom stereocenters. The highest BCUT2D eigenvalue weighted by Gasteiger charge is 2.11. The highest BCUT2D eigenvalue weighted by molar-refractivity contribution is 6.02. The number of carbonyl (C=O) groups is 1. The quantitative estimate of drug-likeness (QED) is 0.724. The third kappa shape index (κ3) is 5.35. The number of benzene rings is 2. The zero-order valence-corrected chi connectivity index (χ0v) is 16.1. The molecule has 27 heavy (non-hydrogen) atoms. The van der Waals surface area contributed by atoms with E-state index in [4.69, 9.17) is 14.7 Å². The summed E-state index contributed by atoms with van der Waals surface area (Å²) in [5.74, 6) is 1.11. The van der Waals surface area contributed by atoms with Crippen LogP contribution in [0.1, 0.15) is 36.5 Å². The summed E-state index contributed by atoms with van der Waals surface area (Å²) in [6.45, 7) is 6.13. The van der Waals surface area contributed by atoms with E-state index in [1.54, 1.807) is 24.3 Å². The molecule has 0 bridgehead atoms. The molecule has 140 valence electrons. The summed E-state index contributed by atoms with van der Waals surface area (Å²) in [5, 5.41) is 11.6. The Morgan fingerprint density at radius 3 is 2.70 bits per heavy atom. The van der Waals surface area contributed by atoms with Crippen LogP contribution >= 0.6 is 0 Å². The first-order valence-electron chi connectivity index (χ1n) is 8.72. The Labute approximate surface area is 160 Å². The van der Waals surface area contributed by atoms with Crippen molar-refractivity contribution in [3.63, 3.8) is 0 Å². The molecule has 0 aliphatic carbocycles. The summed E-state index contributed by atoms with van der Waals surface area (Å²) in [6, 6.07) is 13.2. The van der Waals surface area contributed by atoms with E-state index in [1.807, 2.05) is 31.2 Å². The minimum Gasteiger partial charge on any atom is -0.493 e. The zero-order chi connectivity index (χ0) is 19.8. The van der Waals surface area contributed by atoms with Crippen LogP contribution in [-0.2, 0) is 4.79 Å². The van der Waals surface area contributed by atoms with Crippen LogP contribution in [0, 0.1) is 18.3 Å². The average Bonchev–Trinajstić information content (AvgIpc) is 2.66. The first-order chi connectivity index (χ1) is 13.0. The molecule has 0 heterocycles. The molecule has 0 radical (unpaired) electrons. The molecule has 0 unspecified atom stereocenters. The van der Waals surface area contributed by atoms with E-state index in [1.165, 1.54) is 13.2 Å². The normalized spacial score (nSPS) is 10.7. The van der Waals surface area contributed by atoms with Gasteiger partial charge in [0.1, 0.15) is 6.07 Å². The van der Waals surface area contributed by atoms with Crippen molar-refractivity contribution in [2.24, 2.45) is 0 Å². The fourth-order valence-corrected chi connectivity index (χ4v) is 2.70. The maximum atomic E-state index is 12.4. The highest BCUT2D eigenvalue weighted by atomic mass is 16.5. The highest BCUT2D eigenvalue weighted by Crippen LogP contribution is 2.29. The number of nitrogens with zero attached hydrogens (tertiary/aromatic N) is 1. The average molecular weight is 364 g/mol. The van der Waals surface area contributed by atoms with E-state index in [9.17, 15) is 4.79 Å². The molecule has 0 aliphatic rings. The summed E-state index contributed by atoms with van der Waals surface area (Å²) < 4.78 is 10.6. The SMILES string of the molecule is COc1cc(C=CC(=O)Nc2c(C)cccc2C(C)C)ccc1OCC#N. The molecule has 0 spiro atoms. The minimum absolute atomic E-state index is 0.0530. The Bertz CT molecular complexity index is 880. The van der Waals surface area contributed by atoms with Crippen molar-refractivity contribution < 1.29 is 14.3 Å². The number of aryl methyl sites for hydroxylation is 1. The number of hydrogen-bond acceptors (Lipinski definition) is 4. The van der Waals surface area contributed by atoms with Crippen molar-refractivity contribution in [3.8, 4) is 17.6 Å². The van der Waals surface area contributed by atoms with E-state index in [0.717, 1.165) is 22.4 Å². The third-order valence-electron chi connectivity index (χ3n) is 4.08. The van der Waals surface area contributed by atoms with Gasteiger partial charge in [-0.25, -0.2) is 0 Å². The summed E-state index contributed by atoms with van der Waals surface area (Å²) >= 11 is 0. The van der Waals surface area contributed by atoms with Gasteiger partial charge in [0.15, 0.2) is 18.1 Å². The molecule has 1 N–H and O–H groups in total. The molecule has 0 saturated heterocycles. The number of methoxy groups -OCH3 is 1. The molecule has 5 nitrogen and oxygen atoms in total. The molecule has 0 aromatic heterocycles. The predicted octanol–water partition coefficient (Wildman–Crippen LogP) is 4.68. The van der Waals surface area contributed by atoms with Crippen LogP contribution in [0.2, 0.25) is 0 Å². The lowest BCUT2D eigenvalue weighted by molar-refractivity contribution is -0.111. The van der Waals surface area contributed by atoms with Crippen LogP contribution in [0.3, 0.4) is 0 Å². The van der Waals surface area contributed by atoms with Crippen LogP contribution in [0.5, 0.6) is 11.5 Å². The Morgan fingerprint density at radius 2 is 2.04 bits per heavy atom. The molecule has 2 aromatic rings. The van der Waals surface area contributed by atoms with E-state index in [2.05, 4.69) is 19.2 Å². The Kier molecular flexibility index (Phi) is 7.01. The molecule has 2 rings (SSSR count). The van der Waals surface area contributed by atoms with Gasteiger partial charge < -0.3 is 14.8 Å². The molecule has 2 aromatic carbocycles. The van der Waals surface area contributed by atoms with E-state index < -0.39 is 0 Å². The van der Waals surface area contributed by atoms with Gasteiger partial charge in [-0.05, 0) is 47.7 Å². The molecule has 0 saturated carbocycles. The van der Waals surface area contributed by atoms with Gasteiger partial charge in [-0.2, -0.15) is 5.26 Å². The van der Waals surface area contributed by atoms with E-state index in [-0.39, 0.29) is 12.5 Å². The fraction of sp³-hybridized carbons (Fsp3) is 0.273. The molecule has 1 amide bonds. The summed E-state index contributed by atoms with van der Waals surface area (Å²) in [7, 11) is 1.53. The third-order valence-corrected chi connectivity index (χ3v) is 4.08. The van der Waals surface area contributed by atoms with Crippen LogP contribution < -0.4 is 14.8 Å². The predicted molar refractivity (Wildman–Crippen MR) is 107 cm³/mol. The fourth-order valence-electron chi connectivity index (χ4n) is 2.70. The number of nitriles is 1. The zero-order valence-electron chi connectivity index (χ0n) is 16.1. The number of para-hydroxylation sites is 1. The minimum atomic E-state index is -0.199. The molecular weight excluding hydrogens is 340 g/mol. The lowest BCUT2D eigenvalue weighted by atomic mass is 9.98. The maximum absolute atomic E-state index is 12.4. The van der Waals surface area contributed by atoms with Gasteiger partial charge in [-0.3, -0.25) is 4.79 Å². The van der Waals surface area contributed by atoms with Gasteiger partial charge in [-0.1, -0.05) is 38.1 Å². The van der Waals surface area contributed by atoms with E-state index >= 15 is 0 Å². The first-order valence-corrected chi connectivity index (χ1v) is 8.72. The number of anilines is 1. The summed E-state index contributed by atoms with van der Waals surface area (Å²) in [4.78, 5) is 12.4. The molecule has 0 aliphatic heterocycles. The lowest BCUT2D eigenvalue weighted by Crippen LogP contribution is -2.11. The summed E-state index contributed by atoms with van der Waals surface area (Å²) in [5.41, 5.74) is 3.79. The van der Waals surface area contributed by atoms with Crippen molar-refractivity contribution >= 4 is 17.7 Å². The number of hydrogen-bond donors (Lipinski definition) is 1. The van der Waals surface area contributed by atoms with Gasteiger partial charge in [0.05, 0.1) is 7.11 Å². The molecule has 0 fully saturated rings. The van der Waals surface area contributed by atoms with Crippen LogP contribution in [0.4, 0.5) is 5.69 Å². The Hall–Kier alpha value is -3.26. The van der Waals surface area contributed by atoms with Gasteiger partial charge in [0, 0.05) is 11.8 Å². The lowest BCUT2D eigenvalue weighted by Gasteiger charge is -2.15. The second kappa shape index (κ2) is 9.44. The summed E-state index contributed by atoms with van der Waals surface area (Å²) in [6.07, 6.45) is 3.19. The van der Waals surface area contributed by atoms with Gasteiger partial charge >= 0.3 is 0 Å². The van der Waals surface area contributed by atoms with Crippen molar-refractivity contribution in [1.82, 2.24) is 0 Å². The van der Waals surface area contributed by atoms with Gasteiger partial charge in [0.2, 0.25) is 5.91 Å². The van der Waals surface area contributed by atoms with Crippen LogP contribution in [0.25, 0.3) is 6.08 Å². The molecule has 5 heteroatoms. The monoisotopic (exact) mass is 364 g/mol. The second-order valence-electron chi connectivity index (χ2n) is 6.37. The number of amides is 1. The molecular formula is C22H24N2O3. The largest absolute Gasteiger partial charge is 0.493 e. The van der Waals surface area contributed by atoms with Gasteiger partial charge in [0.25, 0.3) is 0 Å². The van der Waals surface area contributed by atoms with Crippen molar-refractivity contribution in [1.29, 1.82) is 5.26 Å². The van der Waals surface area contributed by atoms with Crippen LogP contribution in [0.15, 0.2) is 42.5 Å². The smallest absolute Gasteiger partial charge is 0.248 e. The van der Waals surface area contributed by atoms with Gasteiger partial charge in [-0.15, -0.1) is 0 Å². The second-order valence-corrected chi connectivity index (χ2v) is 6.37. The Balaban J connectivity index is 2.15. The topological polar surface area (TPSA) is 71.3 Å². The number of rotatable bonds is 7. The number of carbonyl (C=O) groups excluding carboxylic acids is 1. The number of ether oxygens (including phenoxy) is 2.